The van der Waals surface area contributed by atoms with Crippen LogP contribution in [0.2, 0.25) is 5.02 Å². The summed E-state index contributed by atoms with van der Waals surface area (Å²) in [5.41, 5.74) is 8.66. The van der Waals surface area contributed by atoms with E-state index >= 15 is 0 Å². The summed E-state index contributed by atoms with van der Waals surface area (Å²) < 4.78 is 0. The summed E-state index contributed by atoms with van der Waals surface area (Å²) >= 11 is 5.91. The number of aryl methyl sites for hydroxylation is 1. The molecule has 0 saturated heterocycles. The summed E-state index contributed by atoms with van der Waals surface area (Å²) in [6.07, 6.45) is 1.49. The zero-order valence-corrected chi connectivity index (χ0v) is 11.9. The Kier molecular flexibility index (Phi) is 3.07. The molecule has 0 aliphatic heterocycles. The molecule has 0 aliphatic carbocycles. The lowest BCUT2D eigenvalue weighted by molar-refractivity contribution is 0.475. The lowest BCUT2D eigenvalue weighted by Crippen LogP contribution is -2.14. The Labute approximate surface area is 125 Å². The molecule has 5 nitrogen and oxygen atoms in total. The number of pyridine rings is 2. The van der Waals surface area contributed by atoms with E-state index in [1.807, 2.05) is 6.92 Å². The average molecular weight is 302 g/mol. The van der Waals surface area contributed by atoms with E-state index in [1.54, 1.807) is 24.3 Å². The van der Waals surface area contributed by atoms with Gasteiger partial charge in [-0.3, -0.25) is 9.78 Å². The van der Waals surface area contributed by atoms with Gasteiger partial charge in [0.15, 0.2) is 0 Å². The molecule has 2 aromatic heterocycles. The molecule has 0 fully saturated rings. The zero-order chi connectivity index (χ0) is 15.1. The van der Waals surface area contributed by atoms with Crippen LogP contribution < -0.4 is 11.3 Å². The number of hydrogen-bond acceptors (Lipinski definition) is 4. The lowest BCUT2D eigenvalue weighted by atomic mass is 9.98. The molecule has 2 heterocycles. The summed E-state index contributed by atoms with van der Waals surface area (Å²) in [5, 5.41) is 10.1. The predicted octanol–water partition coefficient (Wildman–Crippen LogP) is 2.84. The summed E-state index contributed by atoms with van der Waals surface area (Å²) in [5.74, 6) is 0.0948. The summed E-state index contributed by atoms with van der Waals surface area (Å²) in [7, 11) is 0. The van der Waals surface area contributed by atoms with Crippen molar-refractivity contribution in [3.63, 3.8) is 0 Å². The first-order valence-electron chi connectivity index (χ1n) is 6.24. The Morgan fingerprint density at radius 3 is 2.86 bits per heavy atom. The van der Waals surface area contributed by atoms with Crippen molar-refractivity contribution in [2.45, 2.75) is 6.92 Å². The highest BCUT2D eigenvalue weighted by atomic mass is 35.5. The first-order valence-corrected chi connectivity index (χ1v) is 6.62. The fourth-order valence-electron chi connectivity index (χ4n) is 2.32. The second-order valence-electron chi connectivity index (χ2n) is 4.79. The molecule has 1 aromatic carbocycles. The van der Waals surface area contributed by atoms with Crippen LogP contribution in [0.4, 0.5) is 5.69 Å². The second-order valence-corrected chi connectivity index (χ2v) is 5.23. The van der Waals surface area contributed by atoms with Gasteiger partial charge in [0.1, 0.15) is 11.4 Å². The van der Waals surface area contributed by atoms with Crippen molar-refractivity contribution in [2.24, 2.45) is 0 Å². The molecular weight excluding hydrogens is 290 g/mol. The Bertz CT molecular complexity index is 919. The number of rotatable bonds is 1. The van der Waals surface area contributed by atoms with Gasteiger partial charge in [-0.2, -0.15) is 0 Å². The predicted molar refractivity (Wildman–Crippen MR) is 83.6 cm³/mol. The van der Waals surface area contributed by atoms with E-state index in [-0.39, 0.29) is 11.4 Å². The van der Waals surface area contributed by atoms with Gasteiger partial charge in [0.2, 0.25) is 0 Å². The van der Waals surface area contributed by atoms with Gasteiger partial charge < -0.3 is 15.8 Å². The van der Waals surface area contributed by atoms with Crippen LogP contribution >= 0.6 is 11.6 Å². The number of anilines is 1. The third kappa shape index (κ3) is 2.21. The monoisotopic (exact) mass is 301 g/mol. The molecule has 0 radical (unpaired) electrons. The summed E-state index contributed by atoms with van der Waals surface area (Å²) in [6, 6.07) is 6.52. The maximum Gasteiger partial charge on any atom is 0.272 e. The van der Waals surface area contributed by atoms with Crippen molar-refractivity contribution >= 4 is 28.3 Å². The van der Waals surface area contributed by atoms with Crippen molar-refractivity contribution in [1.29, 1.82) is 0 Å². The van der Waals surface area contributed by atoms with Gasteiger partial charge in [-0.1, -0.05) is 17.7 Å². The topological polar surface area (TPSA) is 92.0 Å². The van der Waals surface area contributed by atoms with Crippen molar-refractivity contribution in [3.05, 3.63) is 51.4 Å². The fourth-order valence-corrected chi connectivity index (χ4v) is 2.47. The van der Waals surface area contributed by atoms with E-state index in [9.17, 15) is 9.90 Å². The number of aromatic amines is 1. The number of nitrogens with zero attached hydrogens (tertiary/aromatic N) is 1. The number of aromatic hydroxyl groups is 1. The number of phenolic OH excluding ortho intramolecular Hbond substituents is 1. The quantitative estimate of drug-likeness (QED) is 0.644. The number of fused-ring (bicyclic) bond motifs is 1. The summed E-state index contributed by atoms with van der Waals surface area (Å²) in [6.45, 7) is 1.87. The van der Waals surface area contributed by atoms with Gasteiger partial charge in [0.25, 0.3) is 5.56 Å². The highest BCUT2D eigenvalue weighted by Crippen LogP contribution is 2.34. The molecule has 0 bridgehead atoms. The maximum absolute atomic E-state index is 12.0. The number of benzene rings is 1. The van der Waals surface area contributed by atoms with E-state index in [0.29, 0.717) is 27.2 Å². The molecule has 4 N–H and O–H groups in total. The second kappa shape index (κ2) is 4.79. The van der Waals surface area contributed by atoms with Crippen LogP contribution in [0.15, 0.2) is 35.3 Å². The van der Waals surface area contributed by atoms with Gasteiger partial charge in [0, 0.05) is 11.8 Å². The molecule has 0 spiro atoms. The average Bonchev–Trinajstić information content (AvgIpc) is 2.44. The first-order chi connectivity index (χ1) is 9.97. The fraction of sp³-hybridized carbons (Fsp3) is 0.0667. The molecule has 6 heteroatoms. The molecule has 21 heavy (non-hydrogen) atoms. The maximum atomic E-state index is 12.0. The van der Waals surface area contributed by atoms with Gasteiger partial charge in [-0.15, -0.1) is 0 Å². The van der Waals surface area contributed by atoms with Gasteiger partial charge in [-0.25, -0.2) is 0 Å². The molecule has 106 valence electrons. The largest absolute Gasteiger partial charge is 0.508 e. The highest BCUT2D eigenvalue weighted by molar-refractivity contribution is 6.31. The van der Waals surface area contributed by atoms with E-state index in [4.69, 9.17) is 17.3 Å². The third-order valence-corrected chi connectivity index (χ3v) is 3.55. The molecule has 3 aromatic rings. The van der Waals surface area contributed by atoms with Crippen LogP contribution in [0.5, 0.6) is 5.75 Å². The van der Waals surface area contributed by atoms with Crippen LogP contribution in [0.25, 0.3) is 22.2 Å². The Balaban J connectivity index is 2.49. The van der Waals surface area contributed by atoms with Gasteiger partial charge in [-0.05, 0) is 36.2 Å². The van der Waals surface area contributed by atoms with Crippen LogP contribution in [0.1, 0.15) is 5.56 Å². The standard InChI is InChI=1S/C15H12ClN3O2/c1-7-2-3-9(20)5-10(7)12-13(17)15(21)19-11-4-8(16)6-18-14(11)12/h2-6,20H,17H2,1H3,(H,19,21). The Morgan fingerprint density at radius 1 is 1.33 bits per heavy atom. The molecule has 0 aliphatic rings. The molecule has 0 unspecified atom stereocenters. The minimum absolute atomic E-state index is 0.0611. The minimum Gasteiger partial charge on any atom is -0.508 e. The van der Waals surface area contributed by atoms with Gasteiger partial charge >= 0.3 is 0 Å². The molecule has 3 rings (SSSR count). The Morgan fingerprint density at radius 2 is 2.10 bits per heavy atom. The van der Waals surface area contributed by atoms with Crippen LogP contribution in [-0.2, 0) is 0 Å². The number of nitrogen functional groups attached to an aromatic ring is 1. The molecule has 0 atom stereocenters. The minimum atomic E-state index is -0.413. The van der Waals surface area contributed by atoms with Crippen molar-refractivity contribution in [2.75, 3.05) is 5.73 Å². The third-order valence-electron chi connectivity index (χ3n) is 3.34. The van der Waals surface area contributed by atoms with Gasteiger partial charge in [0.05, 0.1) is 16.1 Å². The smallest absolute Gasteiger partial charge is 0.272 e. The Hall–Kier alpha value is -2.53. The van der Waals surface area contributed by atoms with E-state index in [2.05, 4.69) is 9.97 Å². The first kappa shape index (κ1) is 13.5. The number of nitrogens with two attached hydrogens (primary N) is 1. The zero-order valence-electron chi connectivity index (χ0n) is 11.1. The van der Waals surface area contributed by atoms with E-state index in [0.717, 1.165) is 5.56 Å². The molecular formula is C15H12ClN3O2. The van der Waals surface area contributed by atoms with Crippen LogP contribution in [0.3, 0.4) is 0 Å². The number of H-pyrrole nitrogens is 1. The van der Waals surface area contributed by atoms with E-state index < -0.39 is 5.56 Å². The highest BCUT2D eigenvalue weighted by Gasteiger charge is 2.15. The van der Waals surface area contributed by atoms with Crippen molar-refractivity contribution in [3.8, 4) is 16.9 Å². The number of hydrogen-bond donors (Lipinski definition) is 3. The summed E-state index contributed by atoms with van der Waals surface area (Å²) in [4.78, 5) is 18.9. The van der Waals surface area contributed by atoms with Crippen molar-refractivity contribution < 1.29 is 5.11 Å². The van der Waals surface area contributed by atoms with E-state index in [1.165, 1.54) is 6.20 Å². The van der Waals surface area contributed by atoms with Crippen LogP contribution in [-0.4, -0.2) is 15.1 Å². The number of aromatic nitrogens is 2. The van der Waals surface area contributed by atoms with Crippen LogP contribution in [0, 0.1) is 6.92 Å². The number of nitrogens with one attached hydrogen (secondary N) is 1. The lowest BCUT2D eigenvalue weighted by Gasteiger charge is -2.12. The van der Waals surface area contributed by atoms with Crippen molar-refractivity contribution in [1.82, 2.24) is 9.97 Å². The SMILES string of the molecule is Cc1ccc(O)cc1-c1c(N)c(=O)[nH]c2cc(Cl)cnc12. The number of phenols is 1. The molecule has 0 saturated carbocycles. The normalized spacial score (nSPS) is 11.0. The molecule has 0 amide bonds. The number of halogens is 1.